The Labute approximate surface area is 223 Å². The van der Waals surface area contributed by atoms with Crippen LogP contribution in [-0.4, -0.2) is 53.9 Å². The van der Waals surface area contributed by atoms with Gasteiger partial charge in [0.2, 0.25) is 5.91 Å². The van der Waals surface area contributed by atoms with Crippen LogP contribution in [0.4, 0.5) is 0 Å². The average Bonchev–Trinajstić information content (AvgIpc) is 3.34. The summed E-state index contributed by atoms with van der Waals surface area (Å²) < 4.78 is 8.65. The molecule has 1 aromatic carbocycles. The maximum absolute atomic E-state index is 11.7. The predicted octanol–water partition coefficient (Wildman–Crippen LogP) is 6.08. The third-order valence-electron chi connectivity index (χ3n) is 6.98. The lowest BCUT2D eigenvalue weighted by Gasteiger charge is -2.32. The van der Waals surface area contributed by atoms with Crippen LogP contribution in [0.15, 0.2) is 54.9 Å². The van der Waals surface area contributed by atoms with Crippen molar-refractivity contribution in [3.8, 4) is 0 Å². The summed E-state index contributed by atoms with van der Waals surface area (Å²) in [5.41, 5.74) is 3.42. The van der Waals surface area contributed by atoms with Crippen LogP contribution < -0.4 is 5.32 Å². The molecular weight excluding hydrogens is 495 g/mol. The number of halogens is 2. The van der Waals surface area contributed by atoms with E-state index in [1.165, 1.54) is 0 Å². The predicted molar refractivity (Wildman–Crippen MR) is 147 cm³/mol. The number of benzene rings is 1. The first kappa shape index (κ1) is 26.7. The number of likely N-dealkylation sites (tertiary alicyclic amines) is 1. The number of likely N-dealkylation sites (N-methyl/N-ethyl adjacent to an activating group) is 1. The van der Waals surface area contributed by atoms with Crippen LogP contribution in [0.1, 0.15) is 55.9 Å². The number of hydrogen-bond donors (Lipinski definition) is 2. The van der Waals surface area contributed by atoms with Gasteiger partial charge in [-0.1, -0.05) is 41.4 Å². The number of piperidine rings is 1. The molecule has 0 spiro atoms. The number of amides is 1. The largest absolute Gasteiger partial charge is 0.360 e. The molecule has 192 valence electrons. The van der Waals surface area contributed by atoms with Crippen LogP contribution >= 0.6 is 23.2 Å². The quantitative estimate of drug-likeness (QED) is 0.457. The van der Waals surface area contributed by atoms with E-state index in [2.05, 4.69) is 45.4 Å². The fraction of sp³-hybridized carbons (Fsp3) is 0.429. The van der Waals surface area contributed by atoms with Gasteiger partial charge in [-0.05, 0) is 68.0 Å². The normalized spacial score (nSPS) is 21.9. The highest BCUT2D eigenvalue weighted by atomic mass is 35.5. The number of rotatable bonds is 7. The fourth-order valence-corrected chi connectivity index (χ4v) is 5.58. The Morgan fingerprint density at radius 1 is 1.22 bits per heavy atom. The smallest absolute Gasteiger partial charge is 0.233 e. The van der Waals surface area contributed by atoms with E-state index in [1.54, 1.807) is 7.05 Å². The fourth-order valence-electron chi connectivity index (χ4n) is 4.88. The molecule has 1 fully saturated rings. The molecule has 6 nitrogen and oxygen atoms in total. The minimum atomic E-state index is -0.469. The summed E-state index contributed by atoms with van der Waals surface area (Å²) in [6, 6.07) is 7.97. The van der Waals surface area contributed by atoms with Gasteiger partial charge in [0.05, 0.1) is 12.6 Å². The molecule has 1 aromatic heterocycles. The molecule has 4 rings (SSSR count). The van der Waals surface area contributed by atoms with Gasteiger partial charge in [-0.15, -0.1) is 0 Å². The second kappa shape index (κ2) is 12.2. The number of ether oxygens (including phenoxy) is 1. The Kier molecular flexibility index (Phi) is 9.07. The van der Waals surface area contributed by atoms with Crippen molar-refractivity contribution in [3.05, 3.63) is 76.1 Å². The number of hydrogen-bond acceptors (Lipinski definition) is 4. The minimum Gasteiger partial charge on any atom is -0.360 e. The number of aromatic nitrogens is 1. The van der Waals surface area contributed by atoms with Gasteiger partial charge in [-0.2, -0.15) is 0 Å². The van der Waals surface area contributed by atoms with Crippen molar-refractivity contribution in [3.63, 3.8) is 0 Å². The highest BCUT2D eigenvalue weighted by Crippen LogP contribution is 2.34. The zero-order valence-corrected chi connectivity index (χ0v) is 22.4. The molecular formula is C28H34Cl2N4O2. The van der Waals surface area contributed by atoms with Crippen molar-refractivity contribution in [1.82, 2.24) is 14.8 Å². The molecule has 2 heterocycles. The Morgan fingerprint density at radius 2 is 1.94 bits per heavy atom. The summed E-state index contributed by atoms with van der Waals surface area (Å²) in [4.78, 5) is 13.9. The molecule has 0 saturated carbocycles. The molecule has 1 saturated heterocycles. The Morgan fingerprint density at radius 3 is 2.64 bits per heavy atom. The van der Waals surface area contributed by atoms with E-state index in [9.17, 15) is 4.79 Å². The molecule has 2 aliphatic rings. The Hall–Kier alpha value is -2.38. The Balaban J connectivity index is 1.49. The van der Waals surface area contributed by atoms with E-state index in [1.807, 2.05) is 31.2 Å². The highest BCUT2D eigenvalue weighted by Gasteiger charge is 2.24. The molecule has 8 heteroatoms. The van der Waals surface area contributed by atoms with Gasteiger partial charge in [0.25, 0.3) is 0 Å². The van der Waals surface area contributed by atoms with Crippen molar-refractivity contribution in [2.24, 2.45) is 0 Å². The Bertz CT molecular complexity index is 1130. The molecule has 1 aliphatic heterocycles. The molecule has 0 bridgehead atoms. The number of carbonyl (C=O) groups excluding carboxylic acids is 1. The zero-order valence-electron chi connectivity index (χ0n) is 20.8. The van der Waals surface area contributed by atoms with Gasteiger partial charge in [0.15, 0.2) is 0 Å². The third-order valence-corrected chi connectivity index (χ3v) is 7.64. The van der Waals surface area contributed by atoms with Crippen LogP contribution in [0.2, 0.25) is 10.0 Å². The maximum atomic E-state index is 11.7. The molecule has 2 N–H and O–H groups in total. The van der Waals surface area contributed by atoms with Crippen LogP contribution in [0, 0.1) is 5.41 Å². The third kappa shape index (κ3) is 6.48. The van der Waals surface area contributed by atoms with Gasteiger partial charge < -0.3 is 20.0 Å². The zero-order chi connectivity index (χ0) is 25.7. The second-order valence-electron chi connectivity index (χ2n) is 9.45. The van der Waals surface area contributed by atoms with Crippen molar-refractivity contribution < 1.29 is 9.53 Å². The summed E-state index contributed by atoms with van der Waals surface area (Å²) in [6.45, 7) is 4.20. The number of allylic oxidation sites excluding steroid dienone is 3. The minimum absolute atomic E-state index is 0.0631. The lowest BCUT2D eigenvalue weighted by atomic mass is 9.98. The molecule has 2 atom stereocenters. The van der Waals surface area contributed by atoms with Crippen molar-refractivity contribution in [2.45, 2.75) is 50.9 Å². The van der Waals surface area contributed by atoms with Gasteiger partial charge in [0, 0.05) is 59.9 Å². The maximum Gasteiger partial charge on any atom is 0.233 e. The van der Waals surface area contributed by atoms with Crippen LogP contribution in [0.3, 0.4) is 0 Å². The van der Waals surface area contributed by atoms with Gasteiger partial charge >= 0.3 is 0 Å². The number of carbonyl (C=O) groups is 1. The first-order valence-electron chi connectivity index (χ1n) is 12.5. The summed E-state index contributed by atoms with van der Waals surface area (Å²) in [7, 11) is 1.68. The molecule has 1 amide bonds. The van der Waals surface area contributed by atoms with Crippen molar-refractivity contribution in [2.75, 3.05) is 26.7 Å². The summed E-state index contributed by atoms with van der Waals surface area (Å²) in [6.07, 6.45) is 13.2. The average molecular weight is 530 g/mol. The lowest BCUT2D eigenvalue weighted by Crippen LogP contribution is -2.40. The second-order valence-corrected chi connectivity index (χ2v) is 10.3. The first-order valence-corrected chi connectivity index (χ1v) is 13.3. The number of nitrogens with one attached hydrogen (secondary N) is 2. The van der Waals surface area contributed by atoms with Gasteiger partial charge in [-0.25, -0.2) is 0 Å². The van der Waals surface area contributed by atoms with E-state index >= 15 is 0 Å². The monoisotopic (exact) mass is 528 g/mol. The van der Waals surface area contributed by atoms with Crippen LogP contribution in [0.5, 0.6) is 0 Å². The lowest BCUT2D eigenvalue weighted by molar-refractivity contribution is -0.122. The summed E-state index contributed by atoms with van der Waals surface area (Å²) in [5, 5.41) is 12.5. The van der Waals surface area contributed by atoms with Crippen molar-refractivity contribution >= 4 is 40.4 Å². The summed E-state index contributed by atoms with van der Waals surface area (Å²) in [5.74, 6) is 0.0631. The van der Waals surface area contributed by atoms with E-state index in [0.717, 1.165) is 49.1 Å². The molecule has 36 heavy (non-hydrogen) atoms. The van der Waals surface area contributed by atoms with E-state index in [-0.39, 0.29) is 12.0 Å². The van der Waals surface area contributed by atoms with Gasteiger partial charge in [0.1, 0.15) is 6.10 Å². The topological polar surface area (TPSA) is 70.3 Å². The van der Waals surface area contributed by atoms with Gasteiger partial charge in [-0.3, -0.25) is 9.69 Å². The molecule has 2 aromatic rings. The standard InChI is InChI=1S/C28H34Cl2N4O2/c1-19(28-23(29)7-5-8-24(28)30)36-26-16-20(6-3-4-9-25(26)31)21-10-15-34(17-21)22-11-13-33(14-12-22)18-27(35)32-2/h3,5-8,10,15-17,19,22,26,31H,4,9,11-14,18H2,1-2H3,(H,32,35)/b6-3?,20-16+,31-25?. The highest BCUT2D eigenvalue weighted by molar-refractivity contribution is 6.36. The SMILES string of the molecule is CNC(=O)CN1CCC(n2ccc(/C3=C/C(OC(C)c4c(Cl)cccc4Cl)C(=N)CCC=C3)c2)CC1. The van der Waals surface area contributed by atoms with Crippen molar-refractivity contribution in [1.29, 1.82) is 5.41 Å². The summed E-state index contributed by atoms with van der Waals surface area (Å²) >= 11 is 12.8. The molecule has 2 unspecified atom stereocenters. The molecule has 1 aliphatic carbocycles. The van der Waals surface area contributed by atoms with E-state index in [0.29, 0.717) is 34.8 Å². The van der Waals surface area contributed by atoms with Crippen LogP contribution in [-0.2, 0) is 9.53 Å². The van der Waals surface area contributed by atoms with E-state index < -0.39 is 6.10 Å². The number of nitrogens with zero attached hydrogens (tertiary/aromatic N) is 2. The molecule has 0 radical (unpaired) electrons. The first-order chi connectivity index (χ1) is 17.4. The van der Waals surface area contributed by atoms with E-state index in [4.69, 9.17) is 33.3 Å². The van der Waals surface area contributed by atoms with Crippen LogP contribution in [0.25, 0.3) is 5.57 Å².